The maximum Gasteiger partial charge on any atom is 0.356 e. The quantitative estimate of drug-likeness (QED) is 0.867. The highest BCUT2D eigenvalue weighted by molar-refractivity contribution is 6.33. The third kappa shape index (κ3) is 1.90. The van der Waals surface area contributed by atoms with Gasteiger partial charge in [0.05, 0.1) is 11.2 Å². The first-order chi connectivity index (χ1) is 7.58. The van der Waals surface area contributed by atoms with E-state index in [1.165, 1.54) is 10.7 Å². The van der Waals surface area contributed by atoms with Crippen molar-refractivity contribution in [2.75, 3.05) is 0 Å². The number of aromatic carboxylic acids is 1. The van der Waals surface area contributed by atoms with Crippen LogP contribution in [0.15, 0.2) is 24.5 Å². The first kappa shape index (κ1) is 10.6. The predicted molar refractivity (Wildman–Crippen MR) is 58.1 cm³/mol. The van der Waals surface area contributed by atoms with E-state index in [2.05, 4.69) is 10.1 Å². The fraction of sp³-hybridized carbons (Fsp3) is 0.100. The van der Waals surface area contributed by atoms with Gasteiger partial charge in [0.2, 0.25) is 0 Å². The van der Waals surface area contributed by atoms with Gasteiger partial charge in [0.25, 0.3) is 0 Å². The zero-order valence-electron chi connectivity index (χ0n) is 8.38. The summed E-state index contributed by atoms with van der Waals surface area (Å²) in [4.78, 5) is 14.8. The van der Waals surface area contributed by atoms with Crippen molar-refractivity contribution in [3.8, 4) is 5.82 Å². The molecule has 0 aliphatic carbocycles. The second kappa shape index (κ2) is 3.94. The highest BCUT2D eigenvalue weighted by Crippen LogP contribution is 2.16. The Hall–Kier alpha value is -1.88. The maximum atomic E-state index is 10.8. The smallest absolute Gasteiger partial charge is 0.356 e. The second-order valence-electron chi connectivity index (χ2n) is 3.27. The van der Waals surface area contributed by atoms with Crippen LogP contribution < -0.4 is 0 Å². The Bertz CT molecular complexity index is 551. The lowest BCUT2D eigenvalue weighted by Crippen LogP contribution is -2.06. The molecule has 0 bridgehead atoms. The molecule has 0 atom stereocenters. The molecule has 0 saturated heterocycles. The molecule has 82 valence electrons. The largest absolute Gasteiger partial charge is 0.476 e. The Morgan fingerprint density at radius 3 is 2.81 bits per heavy atom. The van der Waals surface area contributed by atoms with Gasteiger partial charge in [0.1, 0.15) is 0 Å². The van der Waals surface area contributed by atoms with Gasteiger partial charge in [-0.2, -0.15) is 5.10 Å². The number of carbonyl (C=O) groups is 1. The number of hydrogen-bond acceptors (Lipinski definition) is 3. The molecular weight excluding hydrogens is 230 g/mol. The summed E-state index contributed by atoms with van der Waals surface area (Å²) in [5, 5.41) is 13.0. The molecule has 6 heteroatoms. The molecule has 2 aromatic heterocycles. The van der Waals surface area contributed by atoms with Crippen LogP contribution in [0.2, 0.25) is 5.02 Å². The minimum absolute atomic E-state index is 0.111. The zero-order chi connectivity index (χ0) is 11.7. The van der Waals surface area contributed by atoms with E-state index in [-0.39, 0.29) is 10.7 Å². The summed E-state index contributed by atoms with van der Waals surface area (Å²) in [6.07, 6.45) is 3.42. The molecule has 1 N–H and O–H groups in total. The molecule has 2 aromatic rings. The summed E-state index contributed by atoms with van der Waals surface area (Å²) in [7, 11) is 0. The van der Waals surface area contributed by atoms with Crippen LogP contribution in [0.5, 0.6) is 0 Å². The van der Waals surface area contributed by atoms with E-state index in [1.807, 2.05) is 6.92 Å². The summed E-state index contributed by atoms with van der Waals surface area (Å²) in [6, 6.07) is 3.10. The molecule has 0 aliphatic rings. The van der Waals surface area contributed by atoms with E-state index in [4.69, 9.17) is 16.7 Å². The minimum Gasteiger partial charge on any atom is -0.476 e. The molecule has 0 aliphatic heterocycles. The fourth-order valence-corrected chi connectivity index (χ4v) is 1.43. The van der Waals surface area contributed by atoms with Crippen LogP contribution in [0.4, 0.5) is 0 Å². The maximum absolute atomic E-state index is 10.8. The molecule has 0 fully saturated rings. The van der Waals surface area contributed by atoms with Crippen molar-refractivity contribution in [1.29, 1.82) is 0 Å². The number of halogens is 1. The van der Waals surface area contributed by atoms with Crippen LogP contribution >= 0.6 is 11.6 Å². The van der Waals surface area contributed by atoms with Crippen LogP contribution in [-0.4, -0.2) is 25.8 Å². The van der Waals surface area contributed by atoms with Gasteiger partial charge in [-0.05, 0) is 24.6 Å². The van der Waals surface area contributed by atoms with E-state index < -0.39 is 5.97 Å². The summed E-state index contributed by atoms with van der Waals surface area (Å²) in [5.41, 5.74) is 0.793. The third-order valence-electron chi connectivity index (χ3n) is 1.98. The topological polar surface area (TPSA) is 68.0 Å². The number of hydrogen-bond donors (Lipinski definition) is 1. The summed E-state index contributed by atoms with van der Waals surface area (Å²) < 4.78 is 1.50. The summed E-state index contributed by atoms with van der Waals surface area (Å²) in [5.74, 6) is -0.731. The lowest BCUT2D eigenvalue weighted by molar-refractivity contribution is 0.0690. The zero-order valence-corrected chi connectivity index (χ0v) is 9.14. The van der Waals surface area contributed by atoms with Crippen molar-refractivity contribution in [3.05, 3.63) is 40.8 Å². The van der Waals surface area contributed by atoms with E-state index in [1.54, 1.807) is 18.5 Å². The average molecular weight is 238 g/mol. The third-order valence-corrected chi connectivity index (χ3v) is 2.29. The number of nitrogens with zero attached hydrogens (tertiary/aromatic N) is 3. The summed E-state index contributed by atoms with van der Waals surface area (Å²) >= 11 is 5.71. The standard InChI is InChI=1S/C10H8ClN3O2/c1-6-4-12-14(5-6)8-3-2-7(11)9(13-8)10(15)16/h2-5H,1H3,(H,15,16). The van der Waals surface area contributed by atoms with Crippen molar-refractivity contribution < 1.29 is 9.90 Å². The van der Waals surface area contributed by atoms with Crippen molar-refractivity contribution in [2.45, 2.75) is 6.92 Å². The monoisotopic (exact) mass is 237 g/mol. The van der Waals surface area contributed by atoms with Gasteiger partial charge >= 0.3 is 5.97 Å². The highest BCUT2D eigenvalue weighted by Gasteiger charge is 2.12. The van der Waals surface area contributed by atoms with Crippen LogP contribution in [0, 0.1) is 6.92 Å². The molecule has 16 heavy (non-hydrogen) atoms. The van der Waals surface area contributed by atoms with Crippen molar-refractivity contribution in [3.63, 3.8) is 0 Å². The van der Waals surface area contributed by atoms with E-state index >= 15 is 0 Å². The number of carboxylic acids is 1. The first-order valence-corrected chi connectivity index (χ1v) is 4.87. The van der Waals surface area contributed by atoms with E-state index in [9.17, 15) is 4.79 Å². The molecular formula is C10H8ClN3O2. The lowest BCUT2D eigenvalue weighted by Gasteiger charge is -2.02. The molecule has 2 rings (SSSR count). The molecule has 5 nitrogen and oxygen atoms in total. The van der Waals surface area contributed by atoms with Gasteiger partial charge in [0, 0.05) is 6.20 Å². The fourth-order valence-electron chi connectivity index (χ4n) is 1.25. The Morgan fingerprint density at radius 1 is 1.50 bits per heavy atom. The molecule has 2 heterocycles. The molecule has 0 radical (unpaired) electrons. The van der Waals surface area contributed by atoms with E-state index in [0.717, 1.165) is 5.56 Å². The van der Waals surface area contributed by atoms with Gasteiger partial charge in [0.15, 0.2) is 11.5 Å². The van der Waals surface area contributed by atoms with Crippen molar-refractivity contribution in [1.82, 2.24) is 14.8 Å². The van der Waals surface area contributed by atoms with E-state index in [0.29, 0.717) is 5.82 Å². The first-order valence-electron chi connectivity index (χ1n) is 4.49. The Kier molecular flexibility index (Phi) is 2.62. The van der Waals surface area contributed by atoms with Gasteiger partial charge in [-0.15, -0.1) is 0 Å². The molecule has 0 spiro atoms. The summed E-state index contributed by atoms with van der Waals surface area (Å²) in [6.45, 7) is 1.89. The molecule has 0 saturated carbocycles. The Balaban J connectivity index is 2.51. The van der Waals surface area contributed by atoms with Gasteiger partial charge < -0.3 is 5.11 Å². The number of pyridine rings is 1. The Labute approximate surface area is 96.3 Å². The lowest BCUT2D eigenvalue weighted by atomic mass is 10.3. The van der Waals surface area contributed by atoms with Crippen molar-refractivity contribution in [2.24, 2.45) is 0 Å². The van der Waals surface area contributed by atoms with Crippen LogP contribution in [0.1, 0.15) is 16.1 Å². The average Bonchev–Trinajstić information content (AvgIpc) is 2.65. The van der Waals surface area contributed by atoms with Crippen molar-refractivity contribution >= 4 is 17.6 Å². The number of carboxylic acid groups (broad SMARTS) is 1. The molecule has 0 aromatic carbocycles. The second-order valence-corrected chi connectivity index (χ2v) is 3.67. The SMILES string of the molecule is Cc1cnn(-c2ccc(Cl)c(C(=O)O)n2)c1. The predicted octanol–water partition coefficient (Wildman–Crippen LogP) is 1.93. The van der Waals surface area contributed by atoms with Gasteiger partial charge in [-0.1, -0.05) is 11.6 Å². The minimum atomic E-state index is -1.16. The highest BCUT2D eigenvalue weighted by atomic mass is 35.5. The van der Waals surface area contributed by atoms with Gasteiger partial charge in [-0.25, -0.2) is 14.5 Å². The number of aryl methyl sites for hydroxylation is 1. The number of rotatable bonds is 2. The van der Waals surface area contributed by atoms with Crippen LogP contribution in [0.25, 0.3) is 5.82 Å². The Morgan fingerprint density at radius 2 is 2.25 bits per heavy atom. The van der Waals surface area contributed by atoms with Gasteiger partial charge in [-0.3, -0.25) is 0 Å². The van der Waals surface area contributed by atoms with Crippen LogP contribution in [-0.2, 0) is 0 Å². The normalized spacial score (nSPS) is 10.4. The number of aromatic nitrogens is 3. The molecule has 0 unspecified atom stereocenters. The molecule has 0 amide bonds. The van der Waals surface area contributed by atoms with Crippen LogP contribution in [0.3, 0.4) is 0 Å².